The smallest absolute Gasteiger partial charge is 0.339 e. The van der Waals surface area contributed by atoms with Gasteiger partial charge in [0.2, 0.25) is 5.91 Å². The van der Waals surface area contributed by atoms with E-state index in [2.05, 4.69) is 42.0 Å². The third kappa shape index (κ3) is 12.4. The van der Waals surface area contributed by atoms with Crippen LogP contribution in [0.5, 0.6) is 28.7 Å². The van der Waals surface area contributed by atoms with Crippen LogP contribution in [0.25, 0.3) is 6.08 Å². The first kappa shape index (κ1) is 48.1. The molecule has 5 amide bonds. The molecule has 0 aliphatic rings. The summed E-state index contributed by atoms with van der Waals surface area (Å²) >= 11 is 6.38. The second kappa shape index (κ2) is 21.9. The van der Waals surface area contributed by atoms with Crippen LogP contribution in [0.1, 0.15) is 59.6 Å². The van der Waals surface area contributed by atoms with Crippen molar-refractivity contribution >= 4 is 75.9 Å². The van der Waals surface area contributed by atoms with Crippen LogP contribution in [0.2, 0.25) is 5.02 Å². The Morgan fingerprint density at radius 2 is 1.26 bits per heavy atom. The molecule has 1 aromatic heterocycles. The number of carboxylic acid groups (broad SMARTS) is 1. The number of carbonyl (C=O) groups is 6. The molecule has 0 spiro atoms. The van der Waals surface area contributed by atoms with Gasteiger partial charge in [0, 0.05) is 22.5 Å². The highest BCUT2D eigenvalue weighted by Gasteiger charge is 2.24. The third-order valence-corrected chi connectivity index (χ3v) is 9.44. The number of aromatic carboxylic acids is 1. The third-order valence-electron chi connectivity index (χ3n) is 9.12. The van der Waals surface area contributed by atoms with Crippen molar-refractivity contribution in [2.45, 2.75) is 13.8 Å². The Balaban J connectivity index is 0.00000126. The Morgan fingerprint density at radius 3 is 1.79 bits per heavy atom. The van der Waals surface area contributed by atoms with Gasteiger partial charge in [-0.25, -0.2) is 4.79 Å². The van der Waals surface area contributed by atoms with E-state index in [1.165, 1.54) is 79.9 Å². The Morgan fingerprint density at radius 1 is 0.697 bits per heavy atom. The number of aryl methyl sites for hydroxylation is 1. The summed E-state index contributed by atoms with van der Waals surface area (Å²) < 4.78 is 10.3. The number of ether oxygens (including phenoxy) is 2. The monoisotopic (exact) mass is 920 g/mol. The molecule has 5 aromatic carbocycles. The molecule has 20 nitrogen and oxygen atoms in total. The van der Waals surface area contributed by atoms with Gasteiger partial charge in [-0.1, -0.05) is 23.7 Å². The number of halogens is 1. The van der Waals surface area contributed by atoms with Crippen LogP contribution < -0.4 is 36.1 Å². The molecule has 0 saturated heterocycles. The van der Waals surface area contributed by atoms with Crippen molar-refractivity contribution in [2.75, 3.05) is 42.0 Å². The number of phenolic OH excluding ortho intramolecular Hbond substituents is 2. The van der Waals surface area contributed by atoms with E-state index in [4.69, 9.17) is 21.1 Å². The highest BCUT2D eigenvalue weighted by atomic mass is 35.5. The largest absolute Gasteiger partial charge is 0.508 e. The molecule has 10 N–H and O–H groups in total. The van der Waals surface area contributed by atoms with Crippen LogP contribution >= 0.6 is 11.6 Å². The van der Waals surface area contributed by atoms with E-state index >= 15 is 0 Å². The number of nitrogens with zero attached hydrogens (tertiary/aromatic N) is 2. The minimum absolute atomic E-state index is 0.0359. The van der Waals surface area contributed by atoms with Crippen molar-refractivity contribution < 1.29 is 58.7 Å². The molecule has 0 bridgehead atoms. The van der Waals surface area contributed by atoms with Crippen LogP contribution in [0.4, 0.5) is 22.7 Å². The van der Waals surface area contributed by atoms with Crippen molar-refractivity contribution in [3.8, 4) is 28.7 Å². The minimum Gasteiger partial charge on any atom is -0.508 e. The Bertz CT molecular complexity index is 2820. The van der Waals surface area contributed by atoms with Gasteiger partial charge < -0.3 is 56.5 Å². The van der Waals surface area contributed by atoms with Gasteiger partial charge in [0.1, 0.15) is 11.3 Å². The second-order valence-electron chi connectivity index (χ2n) is 13.8. The molecule has 0 aliphatic heterocycles. The number of carbonyl (C=O) groups excluding carboxylic acids is 5. The van der Waals surface area contributed by atoms with Crippen molar-refractivity contribution in [2.24, 2.45) is 0 Å². The molecule has 6 rings (SSSR count). The number of phenols is 3. The molecular formula is C45H41ClN8O12. The summed E-state index contributed by atoms with van der Waals surface area (Å²) in [4.78, 5) is 75.6. The standard InChI is InChI=1S/C42H36ClN5O12.C3H5N3/c1-21(18-22-4-11-26(49)12-5-22)38(53)46-24-8-6-23(7-9-24)39(54)44-20-33(50)45-25-10-13-27(30(43)19-25)40(55)47-31-16-14-28(34(51)36(31)59-2)41(56)48-32-17-15-29(42(57)58)35(52)37(32)60-3;1-3-2-4-6-5-3/h4-19,49,51-52H,20H2,1-3H3,(H,44,54)(H,45,50)(H,46,53)(H,47,55)(H,48,56)(H,57,58);2H,1H3,(H,4,5,6)/b21-18+;. The van der Waals surface area contributed by atoms with Crippen molar-refractivity contribution in [1.82, 2.24) is 20.7 Å². The van der Waals surface area contributed by atoms with Gasteiger partial charge in [-0.3, -0.25) is 24.0 Å². The molecule has 1 heterocycles. The number of nitrogens with one attached hydrogen (secondary N) is 6. The van der Waals surface area contributed by atoms with E-state index in [0.717, 1.165) is 24.4 Å². The van der Waals surface area contributed by atoms with Gasteiger partial charge in [0.25, 0.3) is 23.6 Å². The molecule has 0 atom stereocenters. The average molecular weight is 921 g/mol. The molecule has 0 saturated carbocycles. The lowest BCUT2D eigenvalue weighted by Gasteiger charge is -2.16. The first-order valence-electron chi connectivity index (χ1n) is 19.2. The highest BCUT2D eigenvalue weighted by molar-refractivity contribution is 6.35. The number of benzene rings is 5. The minimum atomic E-state index is -1.43. The second-order valence-corrected chi connectivity index (χ2v) is 14.2. The number of carboxylic acids is 1. The number of hydrogen-bond donors (Lipinski definition) is 10. The van der Waals surface area contributed by atoms with Crippen LogP contribution in [0.15, 0.2) is 103 Å². The van der Waals surface area contributed by atoms with Crippen molar-refractivity contribution in [1.29, 1.82) is 0 Å². The quantitative estimate of drug-likeness (QED) is 0.0544. The first-order chi connectivity index (χ1) is 31.5. The fourth-order valence-electron chi connectivity index (χ4n) is 5.81. The number of amides is 5. The molecule has 0 fully saturated rings. The van der Waals surface area contributed by atoms with E-state index < -0.39 is 53.2 Å². The van der Waals surface area contributed by atoms with Gasteiger partial charge >= 0.3 is 5.97 Å². The molecule has 0 radical (unpaired) electrons. The van der Waals surface area contributed by atoms with Crippen molar-refractivity contribution in [3.05, 3.63) is 141 Å². The zero-order valence-electron chi connectivity index (χ0n) is 35.3. The maximum Gasteiger partial charge on any atom is 0.339 e. The highest BCUT2D eigenvalue weighted by Crippen LogP contribution is 2.41. The fraction of sp³-hybridized carbons (Fsp3) is 0.111. The number of aromatic amines is 1. The Hall–Kier alpha value is -8.91. The summed E-state index contributed by atoms with van der Waals surface area (Å²) in [6.07, 6.45) is 3.32. The lowest BCUT2D eigenvalue weighted by Crippen LogP contribution is -2.32. The Labute approximate surface area is 380 Å². The van der Waals surface area contributed by atoms with Crippen LogP contribution in [-0.4, -0.2) is 92.1 Å². The van der Waals surface area contributed by atoms with E-state index in [9.17, 15) is 49.2 Å². The predicted molar refractivity (Wildman–Crippen MR) is 243 cm³/mol. The zero-order chi connectivity index (χ0) is 48.1. The lowest BCUT2D eigenvalue weighted by atomic mass is 10.1. The average Bonchev–Trinajstić information content (AvgIpc) is 3.77. The maximum absolute atomic E-state index is 13.2. The summed E-state index contributed by atoms with van der Waals surface area (Å²) in [5.74, 6) is -6.49. The number of methoxy groups -OCH3 is 2. The number of anilines is 4. The van der Waals surface area contributed by atoms with Gasteiger partial charge in [-0.05, 0) is 104 Å². The van der Waals surface area contributed by atoms with E-state index in [-0.39, 0.29) is 61.9 Å². The summed E-state index contributed by atoms with van der Waals surface area (Å²) in [5, 5.41) is 62.2. The number of aromatic nitrogens is 3. The molecule has 0 unspecified atom stereocenters. The normalized spacial score (nSPS) is 10.7. The van der Waals surface area contributed by atoms with Gasteiger partial charge in [0.05, 0.1) is 60.2 Å². The fourth-order valence-corrected chi connectivity index (χ4v) is 6.08. The summed E-state index contributed by atoms with van der Waals surface area (Å²) in [6, 6.07) is 21.1. The summed E-state index contributed by atoms with van der Waals surface area (Å²) in [6.45, 7) is 3.10. The number of H-pyrrole nitrogens is 1. The number of rotatable bonds is 14. The van der Waals surface area contributed by atoms with E-state index in [0.29, 0.717) is 11.3 Å². The first-order valence-corrected chi connectivity index (χ1v) is 19.6. The van der Waals surface area contributed by atoms with E-state index in [1.807, 2.05) is 6.92 Å². The van der Waals surface area contributed by atoms with Crippen LogP contribution in [0, 0.1) is 6.92 Å². The van der Waals surface area contributed by atoms with E-state index in [1.54, 1.807) is 31.3 Å². The summed E-state index contributed by atoms with van der Waals surface area (Å²) in [7, 11) is 2.34. The molecule has 0 aliphatic carbocycles. The van der Waals surface area contributed by atoms with Crippen LogP contribution in [0.3, 0.4) is 0 Å². The van der Waals surface area contributed by atoms with Gasteiger partial charge in [0.15, 0.2) is 23.0 Å². The molecular weight excluding hydrogens is 880 g/mol. The van der Waals surface area contributed by atoms with Gasteiger partial charge in [-0.2, -0.15) is 15.4 Å². The molecule has 21 heteroatoms. The lowest BCUT2D eigenvalue weighted by molar-refractivity contribution is -0.115. The SMILES string of the molecule is COc1c(NC(=O)c2ccc(NC(=O)c3ccc(NC(=O)CNC(=O)c4ccc(NC(=O)/C(C)=C/c5ccc(O)cc5)cc4)cc3Cl)c(OC)c2O)ccc(C(=O)O)c1O.Cc1cn[nH]n1. The molecule has 66 heavy (non-hydrogen) atoms. The molecule has 6 aromatic rings. The summed E-state index contributed by atoms with van der Waals surface area (Å²) in [5.41, 5.74) is 1.99. The topological polar surface area (TPSA) is 304 Å². The van der Waals surface area contributed by atoms with Crippen molar-refractivity contribution in [3.63, 3.8) is 0 Å². The number of aromatic hydroxyl groups is 3. The molecule has 340 valence electrons. The zero-order valence-corrected chi connectivity index (χ0v) is 36.1. The Kier molecular flexibility index (Phi) is 16.0. The van der Waals surface area contributed by atoms with Crippen LogP contribution in [-0.2, 0) is 9.59 Å². The number of hydrogen-bond acceptors (Lipinski definition) is 13. The van der Waals surface area contributed by atoms with Gasteiger partial charge in [-0.15, -0.1) is 0 Å². The predicted octanol–water partition coefficient (Wildman–Crippen LogP) is 6.20. The maximum atomic E-state index is 13.2.